The highest BCUT2D eigenvalue weighted by Crippen LogP contribution is 2.38. The Morgan fingerprint density at radius 2 is 1.67 bits per heavy atom. The van der Waals surface area contributed by atoms with Crippen molar-refractivity contribution >= 4 is 28.5 Å². The molecule has 1 fully saturated rings. The fraction of sp³-hybridized carbons (Fsp3) is 0.355. The van der Waals surface area contributed by atoms with Gasteiger partial charge in [-0.25, -0.2) is 4.68 Å². The Kier molecular flexibility index (Phi) is 8.75. The van der Waals surface area contributed by atoms with Gasteiger partial charge < -0.3 is 24.6 Å². The number of aromatic hydroxyl groups is 1. The van der Waals surface area contributed by atoms with E-state index in [1.54, 1.807) is 30.3 Å². The lowest BCUT2D eigenvalue weighted by Crippen LogP contribution is -2.48. The summed E-state index contributed by atoms with van der Waals surface area (Å²) in [6.45, 7) is -0.190. The Morgan fingerprint density at radius 3 is 2.38 bits per heavy atom. The minimum Gasteiger partial charge on any atom is -0.504 e. The molecule has 1 aliphatic rings. The predicted octanol–water partition coefficient (Wildman–Crippen LogP) is 4.39. The van der Waals surface area contributed by atoms with Gasteiger partial charge in [-0.1, -0.05) is 42.7 Å². The van der Waals surface area contributed by atoms with Crippen molar-refractivity contribution < 1.29 is 28.9 Å². The summed E-state index contributed by atoms with van der Waals surface area (Å²) in [5.74, 6) is 0.190. The number of fused-ring (bicyclic) bond motifs is 1. The van der Waals surface area contributed by atoms with Gasteiger partial charge in [0.1, 0.15) is 18.1 Å². The standard InChI is InChI=1S/C31H35N5O6/c1-40-26-15-13-20(17-25(26)37)30(31(39)32-21-9-5-4-6-10-21)36(22-14-16-27(41-2)28(18-22)42-3)29(38)19-35-24-12-8-7-11-23(24)33-34-35/h7-8,11-18,21,30,37H,4-6,9-10,19H2,1-3H3,(H,32,39)/t30-/m0/s1. The van der Waals surface area contributed by atoms with Crippen molar-refractivity contribution in [3.8, 4) is 23.0 Å². The van der Waals surface area contributed by atoms with Gasteiger partial charge in [0.15, 0.2) is 23.0 Å². The number of para-hydroxylation sites is 1. The highest BCUT2D eigenvalue weighted by Gasteiger charge is 2.35. The SMILES string of the molecule is COc1ccc([C@@H](C(=O)NC2CCCCC2)N(C(=O)Cn2nnc3ccccc32)c2ccc(OC)c(OC)c2)cc1O. The molecule has 5 rings (SSSR count). The molecule has 0 bridgehead atoms. The van der Waals surface area contributed by atoms with E-state index in [0.29, 0.717) is 33.8 Å². The molecule has 1 aliphatic carbocycles. The second-order valence-electron chi connectivity index (χ2n) is 10.2. The summed E-state index contributed by atoms with van der Waals surface area (Å²) in [7, 11) is 4.48. The summed E-state index contributed by atoms with van der Waals surface area (Å²) < 4.78 is 17.7. The van der Waals surface area contributed by atoms with E-state index in [4.69, 9.17) is 14.2 Å². The number of methoxy groups -OCH3 is 3. The summed E-state index contributed by atoms with van der Waals surface area (Å²) in [5, 5.41) is 22.2. The van der Waals surface area contributed by atoms with E-state index in [2.05, 4.69) is 15.6 Å². The minimum atomic E-state index is -1.14. The Labute approximate surface area is 244 Å². The van der Waals surface area contributed by atoms with Crippen LogP contribution in [0.3, 0.4) is 0 Å². The van der Waals surface area contributed by atoms with E-state index in [1.165, 1.54) is 37.0 Å². The first-order valence-corrected chi connectivity index (χ1v) is 13.9. The zero-order chi connectivity index (χ0) is 29.6. The highest BCUT2D eigenvalue weighted by atomic mass is 16.5. The van der Waals surface area contributed by atoms with Crippen LogP contribution >= 0.6 is 0 Å². The molecule has 1 aromatic heterocycles. The average Bonchev–Trinajstić information content (AvgIpc) is 3.42. The monoisotopic (exact) mass is 573 g/mol. The third-order valence-corrected chi connectivity index (χ3v) is 7.60. The lowest BCUT2D eigenvalue weighted by Gasteiger charge is -2.34. The summed E-state index contributed by atoms with van der Waals surface area (Å²) in [5.41, 5.74) is 2.15. The lowest BCUT2D eigenvalue weighted by molar-refractivity contribution is -0.127. The molecule has 0 radical (unpaired) electrons. The predicted molar refractivity (Wildman–Crippen MR) is 157 cm³/mol. The number of phenols is 1. The minimum absolute atomic E-state index is 0.0118. The molecule has 4 aromatic rings. The van der Waals surface area contributed by atoms with Crippen molar-refractivity contribution in [3.63, 3.8) is 0 Å². The maximum Gasteiger partial charge on any atom is 0.249 e. The van der Waals surface area contributed by atoms with Gasteiger partial charge in [0, 0.05) is 17.8 Å². The van der Waals surface area contributed by atoms with Crippen LogP contribution in [0.1, 0.15) is 43.7 Å². The molecule has 0 saturated heterocycles. The van der Waals surface area contributed by atoms with Gasteiger partial charge in [0.2, 0.25) is 11.8 Å². The van der Waals surface area contributed by atoms with Crippen LogP contribution in [0.4, 0.5) is 5.69 Å². The second-order valence-corrected chi connectivity index (χ2v) is 10.2. The van der Waals surface area contributed by atoms with Crippen molar-refractivity contribution in [2.45, 2.75) is 50.7 Å². The van der Waals surface area contributed by atoms with E-state index in [-0.39, 0.29) is 30.0 Å². The Bertz CT molecular complexity index is 1560. The van der Waals surface area contributed by atoms with Crippen molar-refractivity contribution in [2.24, 2.45) is 0 Å². The van der Waals surface area contributed by atoms with E-state index in [0.717, 1.165) is 32.1 Å². The van der Waals surface area contributed by atoms with Crippen LogP contribution in [0.2, 0.25) is 0 Å². The number of carbonyl (C=O) groups excluding carboxylic acids is 2. The highest BCUT2D eigenvalue weighted by molar-refractivity contribution is 6.02. The van der Waals surface area contributed by atoms with Gasteiger partial charge in [-0.3, -0.25) is 14.5 Å². The number of nitrogens with one attached hydrogen (secondary N) is 1. The number of carbonyl (C=O) groups is 2. The summed E-state index contributed by atoms with van der Waals surface area (Å²) >= 11 is 0. The molecule has 11 heteroatoms. The zero-order valence-electron chi connectivity index (χ0n) is 23.9. The van der Waals surface area contributed by atoms with Crippen LogP contribution < -0.4 is 24.4 Å². The number of aromatic nitrogens is 3. The zero-order valence-corrected chi connectivity index (χ0v) is 23.9. The number of benzene rings is 3. The maximum absolute atomic E-state index is 14.3. The van der Waals surface area contributed by atoms with Crippen LogP contribution in [0.5, 0.6) is 23.0 Å². The van der Waals surface area contributed by atoms with E-state index in [9.17, 15) is 14.7 Å². The topological polar surface area (TPSA) is 128 Å². The number of rotatable bonds is 10. The van der Waals surface area contributed by atoms with Crippen LogP contribution in [0.25, 0.3) is 11.0 Å². The summed E-state index contributed by atoms with van der Waals surface area (Å²) in [6.07, 6.45) is 4.90. The molecule has 2 N–H and O–H groups in total. The fourth-order valence-electron chi connectivity index (χ4n) is 5.47. The number of hydrogen-bond acceptors (Lipinski definition) is 8. The van der Waals surface area contributed by atoms with Crippen molar-refractivity contribution in [2.75, 3.05) is 26.2 Å². The first kappa shape index (κ1) is 28.7. The molecular formula is C31H35N5O6. The molecule has 1 saturated carbocycles. The van der Waals surface area contributed by atoms with Gasteiger partial charge in [-0.2, -0.15) is 0 Å². The van der Waals surface area contributed by atoms with Gasteiger partial charge in [-0.15, -0.1) is 5.10 Å². The van der Waals surface area contributed by atoms with Crippen LogP contribution in [-0.4, -0.2) is 59.3 Å². The second kappa shape index (κ2) is 12.8. The van der Waals surface area contributed by atoms with Crippen LogP contribution in [0.15, 0.2) is 60.7 Å². The summed E-state index contributed by atoms with van der Waals surface area (Å²) in [4.78, 5) is 29.9. The third kappa shape index (κ3) is 5.95. The molecule has 0 spiro atoms. The fourth-order valence-corrected chi connectivity index (χ4v) is 5.47. The van der Waals surface area contributed by atoms with E-state index in [1.807, 2.05) is 24.3 Å². The molecule has 0 unspecified atom stereocenters. The lowest BCUT2D eigenvalue weighted by atomic mass is 9.94. The summed E-state index contributed by atoms with van der Waals surface area (Å²) in [6, 6.07) is 15.9. The molecule has 2 amide bonds. The van der Waals surface area contributed by atoms with E-state index < -0.39 is 11.9 Å². The van der Waals surface area contributed by atoms with Crippen molar-refractivity contribution in [1.29, 1.82) is 0 Å². The normalized spacial score (nSPS) is 14.3. The number of anilines is 1. The largest absolute Gasteiger partial charge is 0.504 e. The molecule has 0 aliphatic heterocycles. The molecule has 3 aromatic carbocycles. The third-order valence-electron chi connectivity index (χ3n) is 7.60. The number of phenolic OH excluding ortho intramolecular Hbond substituents is 1. The molecule has 42 heavy (non-hydrogen) atoms. The average molecular weight is 574 g/mol. The number of amides is 2. The van der Waals surface area contributed by atoms with Gasteiger partial charge in [0.05, 0.1) is 26.8 Å². The first-order valence-electron chi connectivity index (χ1n) is 13.9. The molecule has 1 heterocycles. The molecule has 1 atom stereocenters. The Morgan fingerprint density at radius 1 is 0.952 bits per heavy atom. The van der Waals surface area contributed by atoms with Crippen LogP contribution in [0, 0.1) is 0 Å². The molecule has 220 valence electrons. The number of nitrogens with zero attached hydrogens (tertiary/aromatic N) is 4. The molecule has 11 nitrogen and oxygen atoms in total. The quantitative estimate of drug-likeness (QED) is 0.286. The maximum atomic E-state index is 14.3. The molecular weight excluding hydrogens is 538 g/mol. The van der Waals surface area contributed by atoms with Gasteiger partial charge in [-0.05, 0) is 54.8 Å². The Hall–Kier alpha value is -4.80. The van der Waals surface area contributed by atoms with E-state index >= 15 is 0 Å². The number of hydrogen-bond donors (Lipinski definition) is 2. The first-order chi connectivity index (χ1) is 20.4. The van der Waals surface area contributed by atoms with Gasteiger partial charge in [0.25, 0.3) is 0 Å². The van der Waals surface area contributed by atoms with Crippen molar-refractivity contribution in [3.05, 3.63) is 66.2 Å². The van der Waals surface area contributed by atoms with Gasteiger partial charge >= 0.3 is 0 Å². The van der Waals surface area contributed by atoms with Crippen LogP contribution in [-0.2, 0) is 16.1 Å². The van der Waals surface area contributed by atoms with Crippen molar-refractivity contribution in [1.82, 2.24) is 20.3 Å². The number of ether oxygens (including phenoxy) is 3. The Balaban J connectivity index is 1.62. The smallest absolute Gasteiger partial charge is 0.249 e.